The predicted molar refractivity (Wildman–Crippen MR) is 131 cm³/mol. The van der Waals surface area contributed by atoms with Crippen molar-refractivity contribution < 1.29 is 13.3 Å². The first kappa shape index (κ1) is 25.2. The minimum absolute atomic E-state index is 0.736. The SMILES string of the molecule is CCC[Si]1(C)[Si](C)(C)[Si](C)(C)[Si](C)(C)[Si]1(C)[Si](OCC)(OCC)OCC. The maximum atomic E-state index is 6.73. The zero-order chi connectivity index (χ0) is 20.7. The number of hydrogen-bond donors (Lipinski definition) is 0. The van der Waals surface area contributed by atoms with Crippen LogP contribution in [0.5, 0.6) is 0 Å². The van der Waals surface area contributed by atoms with Crippen LogP contribution < -0.4 is 0 Å². The van der Waals surface area contributed by atoms with Gasteiger partial charge in [0, 0.05) is 48.3 Å². The summed E-state index contributed by atoms with van der Waals surface area (Å²) >= 11 is 0. The van der Waals surface area contributed by atoms with E-state index in [-0.39, 0.29) is 0 Å². The van der Waals surface area contributed by atoms with Crippen LogP contribution in [0.3, 0.4) is 0 Å². The molecular weight excluding hydrogens is 421 g/mol. The monoisotopic (exact) mass is 466 g/mol. The first-order valence-electron chi connectivity index (χ1n) is 10.7. The molecule has 0 saturated carbocycles. The van der Waals surface area contributed by atoms with Gasteiger partial charge in [-0.2, -0.15) is 0 Å². The largest absolute Gasteiger partial charge is 0.463 e. The van der Waals surface area contributed by atoms with Crippen LogP contribution in [-0.2, 0) is 13.3 Å². The van der Waals surface area contributed by atoms with Crippen LogP contribution in [0, 0.1) is 0 Å². The van der Waals surface area contributed by atoms with E-state index in [1.807, 2.05) is 0 Å². The molecule has 1 aliphatic rings. The lowest BCUT2D eigenvalue weighted by molar-refractivity contribution is 0.0918. The van der Waals surface area contributed by atoms with Crippen molar-refractivity contribution in [1.29, 1.82) is 0 Å². The molecule has 3 nitrogen and oxygen atoms in total. The van der Waals surface area contributed by atoms with Gasteiger partial charge in [-0.05, 0) is 20.8 Å². The van der Waals surface area contributed by atoms with Crippen molar-refractivity contribution in [2.75, 3.05) is 19.8 Å². The van der Waals surface area contributed by atoms with Crippen molar-refractivity contribution in [1.82, 2.24) is 0 Å². The Bertz CT molecular complexity index is 482. The molecule has 1 fully saturated rings. The second-order valence-electron chi connectivity index (χ2n) is 9.94. The molecule has 0 radical (unpaired) electrons. The van der Waals surface area contributed by atoms with Crippen LogP contribution >= 0.6 is 0 Å². The second kappa shape index (κ2) is 8.13. The van der Waals surface area contributed by atoms with Gasteiger partial charge in [-0.1, -0.05) is 71.8 Å². The molecule has 156 valence electrons. The van der Waals surface area contributed by atoms with Crippen molar-refractivity contribution >= 4 is 43.4 Å². The highest BCUT2D eigenvalue weighted by molar-refractivity contribution is 8.20. The molecule has 0 aromatic carbocycles. The molecule has 0 amide bonds. The van der Waals surface area contributed by atoms with Gasteiger partial charge in [0.15, 0.2) is 0 Å². The van der Waals surface area contributed by atoms with Gasteiger partial charge in [0.2, 0.25) is 0 Å². The zero-order valence-electron chi connectivity index (χ0n) is 19.8. The molecule has 0 aromatic heterocycles. The maximum absolute atomic E-state index is 6.73. The van der Waals surface area contributed by atoms with E-state index in [1.165, 1.54) is 12.5 Å². The summed E-state index contributed by atoms with van der Waals surface area (Å²) in [5.74, 6) is 0. The van der Waals surface area contributed by atoms with E-state index in [4.69, 9.17) is 13.3 Å². The topological polar surface area (TPSA) is 27.7 Å². The summed E-state index contributed by atoms with van der Waals surface area (Å²) in [6, 6.07) is 1.48. The van der Waals surface area contributed by atoms with Crippen LogP contribution in [0.2, 0.25) is 58.4 Å². The zero-order valence-corrected chi connectivity index (χ0v) is 25.8. The fourth-order valence-electron chi connectivity index (χ4n) is 6.32. The average molecular weight is 467 g/mol. The fourth-order valence-corrected chi connectivity index (χ4v) is 262. The quantitative estimate of drug-likeness (QED) is 0.436. The first-order chi connectivity index (χ1) is 11.7. The molecule has 0 bridgehead atoms. The highest BCUT2D eigenvalue weighted by Crippen LogP contribution is 2.56. The summed E-state index contributed by atoms with van der Waals surface area (Å²) in [6.45, 7) is 31.4. The molecule has 0 aliphatic carbocycles. The van der Waals surface area contributed by atoms with Gasteiger partial charge in [-0.25, -0.2) is 0 Å². The van der Waals surface area contributed by atoms with E-state index in [0.29, 0.717) is 0 Å². The Hall–Kier alpha value is 1.18. The van der Waals surface area contributed by atoms with Crippen LogP contribution in [0.25, 0.3) is 0 Å². The predicted octanol–water partition coefficient (Wildman–Crippen LogP) is 5.21. The Balaban J connectivity index is 3.93. The molecule has 0 N–H and O–H groups in total. The molecule has 2 unspecified atom stereocenters. The van der Waals surface area contributed by atoms with Crippen molar-refractivity contribution in [3.05, 3.63) is 0 Å². The summed E-state index contributed by atoms with van der Waals surface area (Å²) in [4.78, 5) is 0. The van der Waals surface area contributed by atoms with Crippen molar-refractivity contribution in [3.8, 4) is 0 Å². The van der Waals surface area contributed by atoms with Crippen LogP contribution in [0.1, 0.15) is 34.1 Å². The lowest BCUT2D eigenvalue weighted by atomic mass is 10.6. The Morgan fingerprint density at radius 3 is 1.27 bits per heavy atom. The van der Waals surface area contributed by atoms with Crippen molar-refractivity contribution in [2.24, 2.45) is 0 Å². The summed E-state index contributed by atoms with van der Waals surface area (Å²) in [5.41, 5.74) is 0. The standard InChI is InChI=1S/C17H46O3Si6/c1-13-17-24(11)22(7,8)21(5,6)23(9,10)25(24,12)26(18-14-2,19-15-3)20-16-4/h13-17H2,1-12H3. The lowest BCUT2D eigenvalue weighted by Crippen LogP contribution is -2.87. The first-order valence-corrected chi connectivity index (χ1v) is 32.6. The smallest absolute Gasteiger partial charge is 0.377 e. The van der Waals surface area contributed by atoms with Gasteiger partial charge in [0.1, 0.15) is 6.63 Å². The van der Waals surface area contributed by atoms with Gasteiger partial charge in [0.05, 0.1) is 0 Å². The Labute approximate surface area is 168 Å². The second-order valence-corrected chi connectivity index (χ2v) is 77.5. The summed E-state index contributed by atoms with van der Waals surface area (Å²) in [6.07, 6.45) is 1.32. The molecule has 0 aromatic rings. The number of hydrogen-bond acceptors (Lipinski definition) is 3. The Morgan fingerprint density at radius 1 is 0.577 bits per heavy atom. The Kier molecular flexibility index (Phi) is 7.89. The van der Waals surface area contributed by atoms with Crippen molar-refractivity contribution in [2.45, 2.75) is 92.5 Å². The normalized spacial score (nSPS) is 32.8. The van der Waals surface area contributed by atoms with Crippen molar-refractivity contribution in [3.63, 3.8) is 0 Å². The molecule has 1 aliphatic heterocycles. The highest BCUT2D eigenvalue weighted by atomic mass is 30.3. The van der Waals surface area contributed by atoms with Gasteiger partial charge in [0.25, 0.3) is 0 Å². The van der Waals surface area contributed by atoms with Crippen LogP contribution in [0.15, 0.2) is 0 Å². The molecule has 0 spiro atoms. The van der Waals surface area contributed by atoms with Gasteiger partial charge < -0.3 is 13.3 Å². The fraction of sp³-hybridized carbons (Fsp3) is 1.00. The summed E-state index contributed by atoms with van der Waals surface area (Å²) < 4.78 is 20.2. The summed E-state index contributed by atoms with van der Waals surface area (Å²) in [5, 5.41) is 0. The van der Waals surface area contributed by atoms with E-state index in [1.54, 1.807) is 0 Å². The number of rotatable bonds is 9. The highest BCUT2D eigenvalue weighted by Gasteiger charge is 2.87. The molecule has 2 atom stereocenters. The third-order valence-corrected chi connectivity index (χ3v) is 160. The molecular formula is C17H46O3Si6. The molecule has 26 heavy (non-hydrogen) atoms. The Morgan fingerprint density at radius 2 is 0.962 bits per heavy atom. The van der Waals surface area contributed by atoms with Gasteiger partial charge in [-0.3, -0.25) is 0 Å². The molecule has 1 rings (SSSR count). The molecule has 9 heteroatoms. The average Bonchev–Trinajstić information content (AvgIpc) is 2.58. The van der Waals surface area contributed by atoms with Gasteiger partial charge in [-0.15, -0.1) is 0 Å². The molecule has 1 saturated heterocycles. The van der Waals surface area contributed by atoms with Gasteiger partial charge >= 0.3 is 8.32 Å². The summed E-state index contributed by atoms with van der Waals surface area (Å²) in [7, 11) is -8.25. The van der Waals surface area contributed by atoms with E-state index in [9.17, 15) is 0 Å². The molecule has 1 heterocycles. The van der Waals surface area contributed by atoms with E-state index >= 15 is 0 Å². The van der Waals surface area contributed by atoms with Crippen LogP contribution in [-0.4, -0.2) is 63.2 Å². The van der Waals surface area contributed by atoms with Crippen LogP contribution in [0.4, 0.5) is 0 Å². The van der Waals surface area contributed by atoms with E-state index in [0.717, 1.165) is 19.8 Å². The third-order valence-electron chi connectivity index (χ3n) is 9.22. The lowest BCUT2D eigenvalue weighted by Gasteiger charge is -2.54. The minimum atomic E-state index is -2.64. The minimum Gasteiger partial charge on any atom is -0.377 e. The maximum Gasteiger partial charge on any atom is 0.463 e. The van der Waals surface area contributed by atoms with E-state index in [2.05, 4.69) is 80.1 Å². The third kappa shape index (κ3) is 2.91. The van der Waals surface area contributed by atoms with E-state index < -0.39 is 43.4 Å².